The highest BCUT2D eigenvalue weighted by Gasteiger charge is 2.33. The van der Waals surface area contributed by atoms with Crippen molar-refractivity contribution in [3.05, 3.63) is 69.6 Å². The van der Waals surface area contributed by atoms with Crippen LogP contribution in [0.15, 0.2) is 53.2 Å². The number of halogens is 3. The van der Waals surface area contributed by atoms with E-state index in [0.717, 1.165) is 11.8 Å². The number of thioether (sulfide) groups is 1. The summed E-state index contributed by atoms with van der Waals surface area (Å²) >= 11 is 13.1. The van der Waals surface area contributed by atoms with Crippen molar-refractivity contribution in [1.29, 1.82) is 0 Å². The molecule has 31 heavy (non-hydrogen) atoms. The Morgan fingerprint density at radius 2 is 1.97 bits per heavy atom. The zero-order valence-electron chi connectivity index (χ0n) is 16.9. The number of carbonyl (C=O) groups excluding carboxylic acids is 2. The van der Waals surface area contributed by atoms with Crippen molar-refractivity contribution < 1.29 is 14.0 Å². The molecule has 0 fully saturated rings. The van der Waals surface area contributed by atoms with Crippen LogP contribution in [0.3, 0.4) is 0 Å². The molecule has 9 heteroatoms. The van der Waals surface area contributed by atoms with Crippen LogP contribution in [-0.2, 0) is 9.59 Å². The lowest BCUT2D eigenvalue weighted by Crippen LogP contribution is -2.33. The summed E-state index contributed by atoms with van der Waals surface area (Å²) in [6.45, 7) is 4.53. The number of anilines is 1. The largest absolute Gasteiger partial charge is 0.355 e. The summed E-state index contributed by atoms with van der Waals surface area (Å²) in [5.41, 5.74) is 0.793. The van der Waals surface area contributed by atoms with E-state index < -0.39 is 11.7 Å². The summed E-state index contributed by atoms with van der Waals surface area (Å²) in [6, 6.07) is 10.8. The predicted octanol–water partition coefficient (Wildman–Crippen LogP) is 5.38. The Hall–Kier alpha value is -2.35. The lowest BCUT2D eigenvalue weighted by atomic mass is 10.2. The molecule has 0 bridgehead atoms. The molecule has 0 saturated heterocycles. The number of nitrogens with one attached hydrogen (secondary N) is 1. The molecule has 1 heterocycles. The van der Waals surface area contributed by atoms with E-state index in [0.29, 0.717) is 28.1 Å². The fourth-order valence-electron chi connectivity index (χ4n) is 2.70. The lowest BCUT2D eigenvalue weighted by molar-refractivity contribution is -0.118. The first kappa shape index (κ1) is 23.3. The Morgan fingerprint density at radius 1 is 1.23 bits per heavy atom. The molecule has 0 atom stereocenters. The highest BCUT2D eigenvalue weighted by atomic mass is 35.5. The van der Waals surface area contributed by atoms with Crippen LogP contribution in [0.4, 0.5) is 10.1 Å². The molecule has 2 aromatic carbocycles. The first-order chi connectivity index (χ1) is 14.8. The van der Waals surface area contributed by atoms with E-state index in [1.807, 2.05) is 13.8 Å². The maximum atomic E-state index is 14.5. The van der Waals surface area contributed by atoms with Crippen LogP contribution in [0, 0.1) is 11.7 Å². The number of para-hydroxylation sites is 1. The third-order valence-corrected chi connectivity index (χ3v) is 5.89. The molecule has 0 unspecified atom stereocenters. The number of amidine groups is 1. The van der Waals surface area contributed by atoms with E-state index in [4.69, 9.17) is 23.2 Å². The van der Waals surface area contributed by atoms with Crippen LogP contribution >= 0.6 is 35.0 Å². The minimum atomic E-state index is -0.566. The average molecular weight is 480 g/mol. The highest BCUT2D eigenvalue weighted by molar-refractivity contribution is 8.14. The molecule has 3 rings (SSSR count). The van der Waals surface area contributed by atoms with Gasteiger partial charge in [-0.05, 0) is 41.8 Å². The van der Waals surface area contributed by atoms with Gasteiger partial charge in [-0.25, -0.2) is 9.38 Å². The predicted molar refractivity (Wildman–Crippen MR) is 126 cm³/mol. The number of carbonyl (C=O) groups is 2. The molecule has 0 aromatic heterocycles. The third kappa shape index (κ3) is 5.87. The van der Waals surface area contributed by atoms with Crippen LogP contribution < -0.4 is 10.2 Å². The number of hydrogen-bond donors (Lipinski definition) is 1. The van der Waals surface area contributed by atoms with Crippen LogP contribution in [0.2, 0.25) is 10.0 Å². The molecule has 2 amide bonds. The molecular formula is C22H20Cl2FN3O2S. The number of benzene rings is 2. The lowest BCUT2D eigenvalue weighted by Gasteiger charge is -2.18. The topological polar surface area (TPSA) is 61.8 Å². The maximum absolute atomic E-state index is 14.5. The van der Waals surface area contributed by atoms with Crippen LogP contribution in [0.25, 0.3) is 6.08 Å². The van der Waals surface area contributed by atoms with Gasteiger partial charge >= 0.3 is 0 Å². The monoisotopic (exact) mass is 479 g/mol. The van der Waals surface area contributed by atoms with Crippen molar-refractivity contribution in [2.75, 3.05) is 17.2 Å². The summed E-state index contributed by atoms with van der Waals surface area (Å²) < 4.78 is 14.5. The van der Waals surface area contributed by atoms with Crippen molar-refractivity contribution in [3.8, 4) is 0 Å². The first-order valence-corrected chi connectivity index (χ1v) is 11.2. The van der Waals surface area contributed by atoms with Crippen LogP contribution in [-0.4, -0.2) is 29.3 Å². The van der Waals surface area contributed by atoms with E-state index in [1.54, 1.807) is 30.3 Å². The average Bonchev–Trinajstić information content (AvgIpc) is 3.03. The van der Waals surface area contributed by atoms with Gasteiger partial charge in [0.15, 0.2) is 5.17 Å². The Morgan fingerprint density at radius 3 is 2.65 bits per heavy atom. The molecule has 0 aliphatic carbocycles. The fraction of sp³-hybridized carbons (Fsp3) is 0.227. The molecule has 5 nitrogen and oxygen atoms in total. The van der Waals surface area contributed by atoms with Gasteiger partial charge in [-0.2, -0.15) is 0 Å². The molecule has 2 aromatic rings. The summed E-state index contributed by atoms with van der Waals surface area (Å²) in [5, 5.41) is 3.77. The molecule has 0 radical (unpaired) electrons. The molecule has 162 valence electrons. The Labute approximate surface area is 194 Å². The SMILES string of the molecule is CC(C)CNC(=O)CSC1=N/C(=C\c2ccc(Cl)c(Cl)c2)C(=O)N1c1ccccc1F. The molecule has 0 saturated carbocycles. The van der Waals surface area contributed by atoms with Gasteiger partial charge in [0.25, 0.3) is 5.91 Å². The first-order valence-electron chi connectivity index (χ1n) is 9.50. The second kappa shape index (κ2) is 10.3. The molecule has 1 aliphatic rings. The highest BCUT2D eigenvalue weighted by Crippen LogP contribution is 2.32. The van der Waals surface area contributed by atoms with Gasteiger partial charge in [-0.3, -0.25) is 14.5 Å². The normalized spacial score (nSPS) is 15.0. The van der Waals surface area contributed by atoms with Gasteiger partial charge < -0.3 is 5.32 Å². The van der Waals surface area contributed by atoms with Crippen molar-refractivity contribution in [1.82, 2.24) is 5.32 Å². The summed E-state index contributed by atoms with van der Waals surface area (Å²) in [5.74, 6) is -0.895. The summed E-state index contributed by atoms with van der Waals surface area (Å²) in [7, 11) is 0. The maximum Gasteiger partial charge on any atom is 0.283 e. The zero-order chi connectivity index (χ0) is 22.5. The van der Waals surface area contributed by atoms with Gasteiger partial charge in [0, 0.05) is 6.54 Å². The van der Waals surface area contributed by atoms with E-state index in [9.17, 15) is 14.0 Å². The molecular weight excluding hydrogens is 460 g/mol. The zero-order valence-corrected chi connectivity index (χ0v) is 19.2. The van der Waals surface area contributed by atoms with Crippen molar-refractivity contribution in [2.24, 2.45) is 10.9 Å². The Bertz CT molecular complexity index is 1070. The standard InChI is InChI=1S/C22H20Cl2FN3O2S/c1-13(2)11-26-20(29)12-31-22-27-18(10-14-7-8-15(23)16(24)9-14)21(30)28(22)19-6-4-3-5-17(19)25/h3-10,13H,11-12H2,1-2H3,(H,26,29)/b18-10-. The second-order valence-corrected chi connectivity index (χ2v) is 8.93. The fourth-order valence-corrected chi connectivity index (χ4v) is 3.84. The van der Waals surface area contributed by atoms with E-state index in [1.165, 1.54) is 23.1 Å². The number of amides is 2. The Balaban J connectivity index is 1.90. The van der Waals surface area contributed by atoms with Crippen LogP contribution in [0.1, 0.15) is 19.4 Å². The van der Waals surface area contributed by atoms with Crippen molar-refractivity contribution in [3.63, 3.8) is 0 Å². The van der Waals surface area contributed by atoms with E-state index in [-0.39, 0.29) is 28.2 Å². The van der Waals surface area contributed by atoms with Gasteiger partial charge in [0.05, 0.1) is 21.5 Å². The minimum absolute atomic E-state index is 0.0455. The number of nitrogens with zero attached hydrogens (tertiary/aromatic N) is 2. The minimum Gasteiger partial charge on any atom is -0.355 e. The number of aliphatic imine (C=N–C) groups is 1. The van der Waals surface area contributed by atoms with Crippen molar-refractivity contribution in [2.45, 2.75) is 13.8 Å². The Kier molecular flexibility index (Phi) is 7.75. The van der Waals surface area contributed by atoms with Gasteiger partial charge in [0.1, 0.15) is 11.5 Å². The van der Waals surface area contributed by atoms with E-state index in [2.05, 4.69) is 10.3 Å². The number of rotatable bonds is 6. The smallest absolute Gasteiger partial charge is 0.283 e. The van der Waals surface area contributed by atoms with E-state index >= 15 is 0 Å². The summed E-state index contributed by atoms with van der Waals surface area (Å²) in [6.07, 6.45) is 1.55. The quantitative estimate of drug-likeness (QED) is 0.565. The van der Waals surface area contributed by atoms with Crippen LogP contribution in [0.5, 0.6) is 0 Å². The van der Waals surface area contributed by atoms with Gasteiger partial charge in [-0.1, -0.05) is 67.0 Å². The van der Waals surface area contributed by atoms with Gasteiger partial charge in [-0.15, -0.1) is 0 Å². The second-order valence-electron chi connectivity index (χ2n) is 7.18. The van der Waals surface area contributed by atoms with Gasteiger partial charge in [0.2, 0.25) is 5.91 Å². The number of hydrogen-bond acceptors (Lipinski definition) is 4. The molecule has 1 aliphatic heterocycles. The molecule has 0 spiro atoms. The molecule has 1 N–H and O–H groups in total. The summed E-state index contributed by atoms with van der Waals surface area (Å²) in [4.78, 5) is 30.8. The third-order valence-electron chi connectivity index (χ3n) is 4.21. The van der Waals surface area contributed by atoms with Crippen molar-refractivity contribution >= 4 is 63.7 Å².